The van der Waals surface area contributed by atoms with Gasteiger partial charge in [0.25, 0.3) is 0 Å². The molecule has 3 aliphatic rings. The second-order valence-corrected chi connectivity index (χ2v) is 10.3. The van der Waals surface area contributed by atoms with Gasteiger partial charge in [0.2, 0.25) is 0 Å². The van der Waals surface area contributed by atoms with E-state index < -0.39 is 11.5 Å². The number of carbonyl (C=O) groups is 2. The lowest BCUT2D eigenvalue weighted by atomic mass is 9.62. The molecule has 8 heteroatoms. The van der Waals surface area contributed by atoms with Crippen LogP contribution in [0.4, 0.5) is 22.9 Å². The van der Waals surface area contributed by atoms with E-state index in [1.807, 2.05) is 30.3 Å². The number of methoxy groups -OCH3 is 1. The number of pyridine rings is 1. The molecule has 8 nitrogen and oxygen atoms in total. The predicted molar refractivity (Wildman–Crippen MR) is 141 cm³/mol. The van der Waals surface area contributed by atoms with Crippen LogP contribution in [0.25, 0.3) is 0 Å². The van der Waals surface area contributed by atoms with Gasteiger partial charge in [-0.05, 0) is 55.4 Å². The minimum Gasteiger partial charge on any atom is -0.467 e. The number of aromatic nitrogens is 1. The van der Waals surface area contributed by atoms with Gasteiger partial charge in [-0.25, -0.2) is 9.78 Å². The largest absolute Gasteiger partial charge is 0.467 e. The van der Waals surface area contributed by atoms with E-state index in [0.29, 0.717) is 17.9 Å². The summed E-state index contributed by atoms with van der Waals surface area (Å²) in [6.07, 6.45) is 11.4. The van der Waals surface area contributed by atoms with Crippen LogP contribution in [0.2, 0.25) is 0 Å². The molecular weight excluding hydrogens is 454 g/mol. The van der Waals surface area contributed by atoms with E-state index in [1.165, 1.54) is 20.0 Å². The smallest absolute Gasteiger partial charge is 0.328 e. The molecule has 5 rings (SSSR count). The van der Waals surface area contributed by atoms with Gasteiger partial charge < -0.3 is 26.4 Å². The molecule has 0 saturated heterocycles. The first-order valence-electron chi connectivity index (χ1n) is 12.9. The van der Waals surface area contributed by atoms with Crippen LogP contribution in [0, 0.1) is 11.3 Å². The maximum absolute atomic E-state index is 12.6. The van der Waals surface area contributed by atoms with Crippen molar-refractivity contribution in [1.29, 1.82) is 0 Å². The maximum Gasteiger partial charge on any atom is 0.328 e. The third-order valence-electron chi connectivity index (χ3n) is 7.71. The molecule has 1 atom stereocenters. The number of benzene rings is 1. The Morgan fingerprint density at radius 3 is 2.58 bits per heavy atom. The van der Waals surface area contributed by atoms with E-state index in [0.717, 1.165) is 67.2 Å². The van der Waals surface area contributed by atoms with Crippen molar-refractivity contribution in [3.05, 3.63) is 53.9 Å². The van der Waals surface area contributed by atoms with Crippen LogP contribution in [-0.2, 0) is 20.7 Å². The third-order valence-corrected chi connectivity index (χ3v) is 7.71. The zero-order chi connectivity index (χ0) is 25.1. The number of allylic oxidation sites excluding steroid dienone is 2. The first kappa shape index (κ1) is 24.2. The lowest BCUT2D eigenvalue weighted by Crippen LogP contribution is -2.52. The van der Waals surface area contributed by atoms with Gasteiger partial charge in [0.1, 0.15) is 6.04 Å². The number of carbonyl (C=O) groups excluding carboxylic acids is 2. The molecule has 0 aliphatic heterocycles. The quantitative estimate of drug-likeness (QED) is 0.365. The number of hydrogen-bond donors (Lipinski definition) is 4. The lowest BCUT2D eigenvalue weighted by Gasteiger charge is -2.44. The van der Waals surface area contributed by atoms with Crippen LogP contribution in [0.1, 0.15) is 50.5 Å². The first-order valence-corrected chi connectivity index (χ1v) is 12.9. The highest BCUT2D eigenvalue weighted by Crippen LogP contribution is 2.48. The van der Waals surface area contributed by atoms with E-state index in [1.54, 1.807) is 12.3 Å². The Morgan fingerprint density at radius 1 is 1.17 bits per heavy atom. The summed E-state index contributed by atoms with van der Waals surface area (Å²) in [6, 6.07) is 9.19. The lowest BCUT2D eigenvalue weighted by molar-refractivity contribution is -0.143. The van der Waals surface area contributed by atoms with Crippen LogP contribution in [0.5, 0.6) is 0 Å². The third kappa shape index (κ3) is 5.03. The summed E-state index contributed by atoms with van der Waals surface area (Å²) in [5, 5.41) is 10.1. The van der Waals surface area contributed by atoms with E-state index in [2.05, 4.69) is 20.9 Å². The van der Waals surface area contributed by atoms with E-state index in [-0.39, 0.29) is 11.8 Å². The van der Waals surface area contributed by atoms with Crippen molar-refractivity contribution in [3.63, 3.8) is 0 Å². The van der Waals surface area contributed by atoms with Gasteiger partial charge in [-0.1, -0.05) is 31.4 Å². The molecule has 5 N–H and O–H groups in total. The molecule has 3 aliphatic carbocycles. The summed E-state index contributed by atoms with van der Waals surface area (Å²) >= 11 is 0. The highest BCUT2D eigenvalue weighted by atomic mass is 16.5. The molecule has 1 heterocycles. The van der Waals surface area contributed by atoms with Crippen molar-refractivity contribution >= 4 is 34.6 Å². The fourth-order valence-electron chi connectivity index (χ4n) is 5.24. The van der Waals surface area contributed by atoms with Crippen molar-refractivity contribution in [1.82, 2.24) is 10.3 Å². The van der Waals surface area contributed by atoms with Gasteiger partial charge in [0.15, 0.2) is 11.6 Å². The van der Waals surface area contributed by atoms with E-state index >= 15 is 0 Å². The second-order valence-electron chi connectivity index (χ2n) is 10.3. The van der Waals surface area contributed by atoms with Gasteiger partial charge in [-0.15, -0.1) is 0 Å². The average molecular weight is 490 g/mol. The molecular formula is C28H35N5O3. The van der Waals surface area contributed by atoms with Crippen molar-refractivity contribution in [3.8, 4) is 0 Å². The van der Waals surface area contributed by atoms with Crippen LogP contribution in [0.3, 0.4) is 0 Å². The molecule has 2 fully saturated rings. The van der Waals surface area contributed by atoms with Crippen LogP contribution in [0.15, 0.2) is 48.3 Å². The van der Waals surface area contributed by atoms with Crippen LogP contribution >= 0.6 is 0 Å². The Labute approximate surface area is 212 Å². The minimum atomic E-state index is -0.557. The number of ketones is 1. The average Bonchev–Trinajstić information content (AvgIpc) is 3.74. The molecule has 0 amide bonds. The number of nitrogens with one attached hydrogen (secondary N) is 3. The molecule has 0 bridgehead atoms. The zero-order valence-corrected chi connectivity index (χ0v) is 20.8. The number of ether oxygens (including phenoxy) is 1. The van der Waals surface area contributed by atoms with Gasteiger partial charge in [-0.3, -0.25) is 4.79 Å². The molecule has 36 heavy (non-hydrogen) atoms. The van der Waals surface area contributed by atoms with Crippen molar-refractivity contribution in [2.75, 3.05) is 30.0 Å². The Kier molecular flexibility index (Phi) is 6.85. The number of nitrogens with two attached hydrogens (primary N) is 1. The highest BCUT2D eigenvalue weighted by Gasteiger charge is 2.49. The molecule has 2 saturated carbocycles. The van der Waals surface area contributed by atoms with Gasteiger partial charge in [0.05, 0.1) is 23.9 Å². The number of esters is 1. The van der Waals surface area contributed by atoms with E-state index in [9.17, 15) is 9.59 Å². The summed E-state index contributed by atoms with van der Waals surface area (Å²) in [5.41, 5.74) is 10.1. The monoisotopic (exact) mass is 489 g/mol. The fourth-order valence-corrected chi connectivity index (χ4v) is 5.24. The Hall–Kier alpha value is -3.55. The summed E-state index contributed by atoms with van der Waals surface area (Å²) in [5.74, 6) is 1.20. The molecule has 2 aromatic rings. The molecule has 0 radical (unpaired) electrons. The zero-order valence-electron chi connectivity index (χ0n) is 20.8. The SMILES string of the molecule is COC(=O)[C@H](Cc1ccc(Nc2nccc(NCC3CC3)c2N)cc1)NC1=CC(=O)C12CCCCC2. The number of anilines is 4. The van der Waals surface area contributed by atoms with Crippen molar-refractivity contribution < 1.29 is 14.3 Å². The predicted octanol–water partition coefficient (Wildman–Crippen LogP) is 4.32. The Balaban J connectivity index is 1.24. The number of nitrogens with zero attached hydrogens (tertiary/aromatic N) is 1. The molecule has 0 unspecified atom stereocenters. The fraction of sp³-hybridized carbons (Fsp3) is 0.464. The van der Waals surface area contributed by atoms with Gasteiger partial charge in [-0.2, -0.15) is 0 Å². The second kappa shape index (κ2) is 10.2. The first-order chi connectivity index (χ1) is 17.5. The maximum atomic E-state index is 12.6. The Bertz CT molecular complexity index is 1150. The molecule has 1 aromatic heterocycles. The molecule has 1 aromatic carbocycles. The molecule has 190 valence electrons. The van der Waals surface area contributed by atoms with Crippen LogP contribution < -0.4 is 21.7 Å². The summed E-state index contributed by atoms with van der Waals surface area (Å²) in [4.78, 5) is 29.4. The summed E-state index contributed by atoms with van der Waals surface area (Å²) < 4.78 is 5.07. The number of nitrogen functional groups attached to an aromatic ring is 1. The topological polar surface area (TPSA) is 118 Å². The summed E-state index contributed by atoms with van der Waals surface area (Å²) in [6.45, 7) is 0.934. The number of hydrogen-bond acceptors (Lipinski definition) is 8. The van der Waals surface area contributed by atoms with Gasteiger partial charge >= 0.3 is 5.97 Å². The van der Waals surface area contributed by atoms with Gasteiger partial charge in [0, 0.05) is 36.6 Å². The minimum absolute atomic E-state index is 0.184. The normalized spacial score (nSPS) is 19.1. The van der Waals surface area contributed by atoms with Crippen LogP contribution in [-0.4, -0.2) is 36.4 Å². The summed E-state index contributed by atoms with van der Waals surface area (Å²) in [7, 11) is 1.39. The van der Waals surface area contributed by atoms with Crippen molar-refractivity contribution in [2.45, 2.75) is 57.4 Å². The highest BCUT2D eigenvalue weighted by molar-refractivity contribution is 6.05. The van der Waals surface area contributed by atoms with Crippen molar-refractivity contribution in [2.24, 2.45) is 11.3 Å². The number of rotatable bonds is 10. The Morgan fingerprint density at radius 2 is 1.92 bits per heavy atom. The van der Waals surface area contributed by atoms with E-state index in [4.69, 9.17) is 10.5 Å². The molecule has 1 spiro atoms. The standard InChI is InChI=1S/C28H35N5O3/c1-36-27(35)22(33-23-16-24(34)28(23)12-3-2-4-13-28)15-18-7-9-20(10-8-18)32-26-25(29)21(11-14-30-26)31-17-19-5-6-19/h7-11,14,16,19,22,33H,2-6,12-13,15,17,29H2,1H3,(H2,30,31,32)/t22-/m0/s1.